The Morgan fingerprint density at radius 1 is 1.16 bits per heavy atom. The molecule has 1 saturated heterocycles. The summed E-state index contributed by atoms with van der Waals surface area (Å²) < 4.78 is 9.21. The normalized spacial score (nSPS) is 14.9. The van der Waals surface area contributed by atoms with Crippen molar-refractivity contribution in [2.45, 2.75) is 24.2 Å². The highest BCUT2D eigenvalue weighted by atomic mass is 35.5. The van der Waals surface area contributed by atoms with E-state index in [0.29, 0.717) is 12.5 Å². The fraction of sp³-hybridized carbons (Fsp3) is 0.435. The Kier molecular flexibility index (Phi) is 8.49. The average Bonchev–Trinajstić information content (AvgIpc) is 3.20. The number of piperazine rings is 1. The maximum absolute atomic E-state index is 6.13. The number of aromatic nitrogens is 2. The molecule has 1 aliphatic heterocycles. The molecule has 31 heavy (non-hydrogen) atoms. The van der Waals surface area contributed by atoms with Gasteiger partial charge in [-0.15, -0.1) is 0 Å². The van der Waals surface area contributed by atoms with Crippen LogP contribution in [-0.4, -0.2) is 60.7 Å². The van der Waals surface area contributed by atoms with Crippen molar-refractivity contribution in [2.75, 3.05) is 45.9 Å². The molecule has 1 aromatic carbocycles. The van der Waals surface area contributed by atoms with Crippen LogP contribution in [0.2, 0.25) is 5.02 Å². The molecule has 1 fully saturated rings. The Morgan fingerprint density at radius 2 is 2.06 bits per heavy atom. The van der Waals surface area contributed by atoms with E-state index < -0.39 is 0 Å². The highest BCUT2D eigenvalue weighted by molar-refractivity contribution is 7.97. The number of fused-ring (bicyclic) bond motifs is 1. The van der Waals surface area contributed by atoms with E-state index in [1.807, 2.05) is 30.5 Å². The lowest BCUT2D eigenvalue weighted by Gasteiger charge is -2.26. The topological polar surface area (TPSA) is 65.2 Å². The smallest absolute Gasteiger partial charge is 0.213 e. The molecule has 2 aromatic heterocycles. The van der Waals surface area contributed by atoms with Crippen molar-refractivity contribution in [3.05, 3.63) is 53.3 Å². The Hall–Kier alpha value is -1.77. The minimum Gasteiger partial charge on any atom is -0.478 e. The molecule has 0 amide bonds. The highest BCUT2D eigenvalue weighted by Crippen LogP contribution is 2.23. The number of rotatable bonds is 11. The van der Waals surface area contributed by atoms with Gasteiger partial charge < -0.3 is 19.9 Å². The lowest BCUT2D eigenvalue weighted by molar-refractivity contribution is 0.211. The summed E-state index contributed by atoms with van der Waals surface area (Å²) in [6.07, 6.45) is 7.04. The molecule has 3 heterocycles. The van der Waals surface area contributed by atoms with Crippen molar-refractivity contribution in [1.82, 2.24) is 24.9 Å². The minimum atomic E-state index is 0.697. The Labute approximate surface area is 193 Å². The van der Waals surface area contributed by atoms with Gasteiger partial charge in [-0.1, -0.05) is 11.6 Å². The van der Waals surface area contributed by atoms with Gasteiger partial charge in [0.1, 0.15) is 0 Å². The zero-order valence-corrected chi connectivity index (χ0v) is 19.3. The molecule has 0 saturated carbocycles. The number of halogens is 1. The minimum absolute atomic E-state index is 0.697. The molecule has 0 unspecified atom stereocenters. The first-order valence-electron chi connectivity index (χ1n) is 10.9. The quantitative estimate of drug-likeness (QED) is 0.296. The molecule has 1 aliphatic rings. The molecule has 8 heteroatoms. The van der Waals surface area contributed by atoms with Gasteiger partial charge in [-0.3, -0.25) is 4.72 Å². The number of hydrogen-bond donors (Lipinski definition) is 3. The number of hydrogen-bond acceptors (Lipinski definition) is 6. The van der Waals surface area contributed by atoms with Crippen LogP contribution in [0.4, 0.5) is 0 Å². The molecule has 3 aromatic rings. The predicted molar refractivity (Wildman–Crippen MR) is 129 cm³/mol. The first-order chi connectivity index (χ1) is 15.3. The molecule has 0 radical (unpaired) electrons. The van der Waals surface area contributed by atoms with Crippen molar-refractivity contribution in [3.63, 3.8) is 0 Å². The molecular formula is C23H30ClN5OS. The van der Waals surface area contributed by atoms with E-state index in [4.69, 9.17) is 16.3 Å². The average molecular weight is 460 g/mol. The molecule has 0 spiro atoms. The van der Waals surface area contributed by atoms with Gasteiger partial charge in [-0.05, 0) is 61.0 Å². The molecule has 3 N–H and O–H groups in total. The van der Waals surface area contributed by atoms with Gasteiger partial charge in [0.2, 0.25) is 5.88 Å². The summed E-state index contributed by atoms with van der Waals surface area (Å²) in [4.78, 5) is 11.3. The molecule has 166 valence electrons. The van der Waals surface area contributed by atoms with E-state index in [2.05, 4.69) is 37.2 Å². The van der Waals surface area contributed by atoms with E-state index in [0.717, 1.165) is 74.0 Å². The monoisotopic (exact) mass is 459 g/mol. The van der Waals surface area contributed by atoms with Crippen molar-refractivity contribution in [2.24, 2.45) is 0 Å². The number of nitrogens with zero attached hydrogens (tertiary/aromatic N) is 2. The van der Waals surface area contributed by atoms with Gasteiger partial charge in [-0.25, -0.2) is 4.98 Å². The molecule has 0 aliphatic carbocycles. The Bertz CT molecular complexity index is 943. The van der Waals surface area contributed by atoms with Crippen LogP contribution in [0.15, 0.2) is 47.6 Å². The number of H-pyrrole nitrogens is 1. The van der Waals surface area contributed by atoms with Gasteiger partial charge in [0.05, 0.1) is 6.61 Å². The standard InChI is InChI=1S/C23H30ClN5OS/c24-19-4-6-22-21(15-19)18(16-26-22)3-1-8-28-31-20-5-7-23(27-17-20)30-14-2-11-29-12-9-25-10-13-29/h4-7,15-17,25-26,28H,1-3,8-14H2. The van der Waals surface area contributed by atoms with Gasteiger partial charge in [-0.2, -0.15) is 0 Å². The summed E-state index contributed by atoms with van der Waals surface area (Å²) in [6.45, 7) is 7.16. The third kappa shape index (κ3) is 6.85. The van der Waals surface area contributed by atoms with E-state index in [9.17, 15) is 0 Å². The van der Waals surface area contributed by atoms with E-state index in [1.54, 1.807) is 11.9 Å². The Morgan fingerprint density at radius 3 is 2.90 bits per heavy atom. The highest BCUT2D eigenvalue weighted by Gasteiger charge is 2.08. The maximum atomic E-state index is 6.13. The van der Waals surface area contributed by atoms with Crippen LogP contribution in [0, 0.1) is 0 Å². The van der Waals surface area contributed by atoms with Gasteiger partial charge in [0.15, 0.2) is 0 Å². The first kappa shape index (κ1) is 22.4. The number of pyridine rings is 1. The maximum Gasteiger partial charge on any atom is 0.213 e. The number of aromatic amines is 1. The van der Waals surface area contributed by atoms with Crippen LogP contribution in [0.25, 0.3) is 10.9 Å². The third-order valence-electron chi connectivity index (χ3n) is 5.43. The molecule has 0 bridgehead atoms. The van der Waals surface area contributed by atoms with Crippen molar-refractivity contribution in [3.8, 4) is 5.88 Å². The molecule has 6 nitrogen and oxygen atoms in total. The van der Waals surface area contributed by atoms with Crippen LogP contribution in [-0.2, 0) is 6.42 Å². The summed E-state index contributed by atoms with van der Waals surface area (Å²) in [7, 11) is 0. The summed E-state index contributed by atoms with van der Waals surface area (Å²) in [5, 5.41) is 5.37. The predicted octanol–water partition coefficient (Wildman–Crippen LogP) is 4.12. The second kappa shape index (κ2) is 11.7. The molecule has 0 atom stereocenters. The van der Waals surface area contributed by atoms with Crippen LogP contribution >= 0.6 is 23.5 Å². The van der Waals surface area contributed by atoms with E-state index in [-0.39, 0.29) is 0 Å². The van der Waals surface area contributed by atoms with Crippen LogP contribution < -0.4 is 14.8 Å². The van der Waals surface area contributed by atoms with E-state index in [1.165, 1.54) is 10.9 Å². The van der Waals surface area contributed by atoms with Crippen LogP contribution in [0.1, 0.15) is 18.4 Å². The zero-order valence-electron chi connectivity index (χ0n) is 17.7. The van der Waals surface area contributed by atoms with Crippen LogP contribution in [0.5, 0.6) is 5.88 Å². The number of ether oxygens (including phenoxy) is 1. The lowest BCUT2D eigenvalue weighted by Crippen LogP contribution is -2.43. The first-order valence-corrected chi connectivity index (χ1v) is 12.1. The Balaban J connectivity index is 1.11. The second-order valence-electron chi connectivity index (χ2n) is 7.73. The van der Waals surface area contributed by atoms with Crippen molar-refractivity contribution >= 4 is 34.5 Å². The van der Waals surface area contributed by atoms with E-state index >= 15 is 0 Å². The number of nitrogens with one attached hydrogen (secondary N) is 3. The van der Waals surface area contributed by atoms with Gasteiger partial charge >= 0.3 is 0 Å². The van der Waals surface area contributed by atoms with Crippen molar-refractivity contribution < 1.29 is 4.74 Å². The largest absolute Gasteiger partial charge is 0.478 e. The lowest BCUT2D eigenvalue weighted by atomic mass is 10.1. The summed E-state index contributed by atoms with van der Waals surface area (Å²) in [6, 6.07) is 9.98. The van der Waals surface area contributed by atoms with Crippen LogP contribution in [0.3, 0.4) is 0 Å². The zero-order chi connectivity index (χ0) is 21.3. The SMILES string of the molecule is Clc1ccc2[nH]cc(CCCNSc3ccc(OCCCN4CCNCC4)nc3)c2c1. The van der Waals surface area contributed by atoms with Gasteiger partial charge in [0.25, 0.3) is 0 Å². The fourth-order valence-electron chi connectivity index (χ4n) is 3.75. The molecule has 4 rings (SSSR count). The summed E-state index contributed by atoms with van der Waals surface area (Å²) in [5.74, 6) is 0.697. The second-order valence-corrected chi connectivity index (χ2v) is 9.13. The fourth-order valence-corrected chi connectivity index (χ4v) is 4.58. The third-order valence-corrected chi connectivity index (χ3v) is 6.49. The number of aryl methyl sites for hydroxylation is 1. The van der Waals surface area contributed by atoms with Gasteiger partial charge in [0, 0.05) is 78.5 Å². The summed E-state index contributed by atoms with van der Waals surface area (Å²) >= 11 is 7.74. The summed E-state index contributed by atoms with van der Waals surface area (Å²) in [5.41, 5.74) is 2.45. The number of benzene rings is 1. The van der Waals surface area contributed by atoms with Crippen molar-refractivity contribution in [1.29, 1.82) is 0 Å². The molecular weight excluding hydrogens is 430 g/mol.